The van der Waals surface area contributed by atoms with E-state index in [1.54, 1.807) is 18.2 Å². The minimum absolute atomic E-state index is 0.131. The molecule has 4 heteroatoms. The topological polar surface area (TPSA) is 45.8 Å². The molecule has 0 fully saturated rings. The Morgan fingerprint density at radius 1 is 1.32 bits per heavy atom. The standard InChI is InChI=1S/C15H13FN2O/c1-10-9-14(15(19)7-8-17)11(2)18(10)13-5-3-12(16)4-6-13/h3-6,9H,7H2,1-2H3. The third-order valence-electron chi connectivity index (χ3n) is 3.06. The van der Waals surface area contributed by atoms with E-state index in [4.69, 9.17) is 5.26 Å². The molecule has 0 bridgehead atoms. The molecule has 0 saturated heterocycles. The maximum Gasteiger partial charge on any atom is 0.178 e. The fraction of sp³-hybridized carbons (Fsp3) is 0.200. The molecule has 19 heavy (non-hydrogen) atoms. The van der Waals surface area contributed by atoms with Crippen LogP contribution in [0.15, 0.2) is 30.3 Å². The van der Waals surface area contributed by atoms with Crippen molar-refractivity contribution in [1.82, 2.24) is 4.57 Å². The lowest BCUT2D eigenvalue weighted by atomic mass is 10.1. The summed E-state index contributed by atoms with van der Waals surface area (Å²) >= 11 is 0. The molecule has 0 radical (unpaired) electrons. The number of hydrogen-bond acceptors (Lipinski definition) is 2. The maximum atomic E-state index is 12.9. The quantitative estimate of drug-likeness (QED) is 0.791. The van der Waals surface area contributed by atoms with Crippen LogP contribution in [-0.4, -0.2) is 10.4 Å². The van der Waals surface area contributed by atoms with Gasteiger partial charge in [-0.15, -0.1) is 0 Å². The summed E-state index contributed by atoms with van der Waals surface area (Å²) in [5.74, 6) is -0.490. The number of Topliss-reactive ketones (excluding diaryl/α,β-unsaturated/α-hetero) is 1. The van der Waals surface area contributed by atoms with Crippen LogP contribution in [0.3, 0.4) is 0 Å². The van der Waals surface area contributed by atoms with Crippen LogP contribution < -0.4 is 0 Å². The summed E-state index contributed by atoms with van der Waals surface area (Å²) < 4.78 is 14.8. The first-order chi connectivity index (χ1) is 9.04. The first-order valence-corrected chi connectivity index (χ1v) is 5.89. The van der Waals surface area contributed by atoms with Crippen LogP contribution in [0.5, 0.6) is 0 Å². The molecule has 0 spiro atoms. The van der Waals surface area contributed by atoms with E-state index in [2.05, 4.69) is 0 Å². The van der Waals surface area contributed by atoms with E-state index in [-0.39, 0.29) is 18.0 Å². The number of benzene rings is 1. The zero-order valence-electron chi connectivity index (χ0n) is 10.8. The summed E-state index contributed by atoms with van der Waals surface area (Å²) in [6.45, 7) is 3.69. The lowest BCUT2D eigenvalue weighted by Gasteiger charge is -2.09. The number of hydrogen-bond donors (Lipinski definition) is 0. The summed E-state index contributed by atoms with van der Waals surface area (Å²) in [7, 11) is 0. The molecular weight excluding hydrogens is 243 g/mol. The fourth-order valence-electron chi connectivity index (χ4n) is 2.20. The third kappa shape index (κ3) is 2.41. The summed E-state index contributed by atoms with van der Waals surface area (Å²) in [6, 6.07) is 9.70. The van der Waals surface area contributed by atoms with E-state index < -0.39 is 0 Å². The van der Waals surface area contributed by atoms with Crippen molar-refractivity contribution in [2.75, 3.05) is 0 Å². The minimum Gasteiger partial charge on any atom is -0.318 e. The van der Waals surface area contributed by atoms with Gasteiger partial charge in [-0.1, -0.05) is 0 Å². The van der Waals surface area contributed by atoms with E-state index in [1.165, 1.54) is 12.1 Å². The number of carbonyl (C=O) groups excluding carboxylic acids is 1. The summed E-state index contributed by atoms with van der Waals surface area (Å²) in [4.78, 5) is 11.8. The van der Waals surface area contributed by atoms with E-state index >= 15 is 0 Å². The number of aromatic nitrogens is 1. The van der Waals surface area contributed by atoms with Gasteiger partial charge in [-0.2, -0.15) is 5.26 Å². The number of rotatable bonds is 3. The van der Waals surface area contributed by atoms with Gasteiger partial charge in [-0.05, 0) is 44.2 Å². The molecule has 0 aliphatic heterocycles. The molecule has 3 nitrogen and oxygen atoms in total. The van der Waals surface area contributed by atoms with Crippen LogP contribution in [0.25, 0.3) is 5.69 Å². The molecule has 0 saturated carbocycles. The first kappa shape index (κ1) is 13.0. The Kier molecular flexibility index (Phi) is 3.48. The zero-order valence-corrected chi connectivity index (χ0v) is 10.8. The van der Waals surface area contributed by atoms with Crippen molar-refractivity contribution in [3.05, 3.63) is 53.1 Å². The van der Waals surface area contributed by atoms with Crippen LogP contribution in [-0.2, 0) is 0 Å². The molecule has 1 heterocycles. The molecule has 2 aromatic rings. The second-order valence-electron chi connectivity index (χ2n) is 4.35. The van der Waals surface area contributed by atoms with Gasteiger partial charge in [0.2, 0.25) is 0 Å². The number of carbonyl (C=O) groups is 1. The Morgan fingerprint density at radius 2 is 1.95 bits per heavy atom. The minimum atomic E-state index is -0.299. The van der Waals surface area contributed by atoms with E-state index in [1.807, 2.05) is 24.5 Å². The van der Waals surface area contributed by atoms with E-state index in [0.717, 1.165) is 17.1 Å². The Bertz CT molecular complexity index is 663. The van der Waals surface area contributed by atoms with E-state index in [0.29, 0.717) is 5.56 Å². The Balaban J connectivity index is 2.51. The highest BCUT2D eigenvalue weighted by atomic mass is 19.1. The molecule has 96 valence electrons. The van der Waals surface area contributed by atoms with E-state index in [9.17, 15) is 9.18 Å². The van der Waals surface area contributed by atoms with Gasteiger partial charge in [0.15, 0.2) is 5.78 Å². The fourth-order valence-corrected chi connectivity index (χ4v) is 2.20. The van der Waals surface area contributed by atoms with Gasteiger partial charge in [0, 0.05) is 22.6 Å². The Hall–Kier alpha value is -2.41. The number of nitrogens with zero attached hydrogens (tertiary/aromatic N) is 2. The summed E-state index contributed by atoms with van der Waals surface area (Å²) in [5.41, 5.74) is 2.99. The maximum absolute atomic E-state index is 12.9. The van der Waals surface area contributed by atoms with Crippen molar-refractivity contribution < 1.29 is 9.18 Å². The lowest BCUT2D eigenvalue weighted by Crippen LogP contribution is -2.02. The van der Waals surface area contributed by atoms with Gasteiger partial charge in [0.05, 0.1) is 12.5 Å². The number of nitriles is 1. The summed E-state index contributed by atoms with van der Waals surface area (Å²) in [5, 5.41) is 8.59. The average molecular weight is 256 g/mol. The predicted octanol–water partition coefficient (Wildman–Crippen LogP) is 3.33. The molecule has 0 atom stereocenters. The van der Waals surface area contributed by atoms with Crippen molar-refractivity contribution in [2.45, 2.75) is 20.3 Å². The van der Waals surface area contributed by atoms with Crippen molar-refractivity contribution in [3.63, 3.8) is 0 Å². The molecule has 0 aliphatic carbocycles. The molecule has 2 rings (SSSR count). The Labute approximate surface area is 110 Å². The van der Waals surface area contributed by atoms with Gasteiger partial charge in [-0.3, -0.25) is 4.79 Å². The van der Waals surface area contributed by atoms with Gasteiger partial charge < -0.3 is 4.57 Å². The van der Waals surface area contributed by atoms with Crippen molar-refractivity contribution >= 4 is 5.78 Å². The second-order valence-corrected chi connectivity index (χ2v) is 4.35. The van der Waals surface area contributed by atoms with Gasteiger partial charge in [0.1, 0.15) is 5.82 Å². The molecule has 1 aromatic carbocycles. The van der Waals surface area contributed by atoms with Crippen LogP contribution in [0.2, 0.25) is 0 Å². The van der Waals surface area contributed by atoms with Crippen molar-refractivity contribution in [1.29, 1.82) is 5.26 Å². The highest BCUT2D eigenvalue weighted by Crippen LogP contribution is 2.22. The van der Waals surface area contributed by atoms with Crippen LogP contribution in [0.4, 0.5) is 4.39 Å². The van der Waals surface area contributed by atoms with Crippen LogP contribution >= 0.6 is 0 Å². The van der Waals surface area contributed by atoms with Crippen molar-refractivity contribution in [2.24, 2.45) is 0 Å². The van der Waals surface area contributed by atoms with Crippen molar-refractivity contribution in [3.8, 4) is 11.8 Å². The van der Waals surface area contributed by atoms with Crippen LogP contribution in [0, 0.1) is 31.0 Å². The monoisotopic (exact) mass is 256 g/mol. The smallest absolute Gasteiger partial charge is 0.178 e. The van der Waals surface area contributed by atoms with Gasteiger partial charge in [0.25, 0.3) is 0 Å². The van der Waals surface area contributed by atoms with Gasteiger partial charge in [-0.25, -0.2) is 4.39 Å². The molecule has 0 aliphatic rings. The first-order valence-electron chi connectivity index (χ1n) is 5.89. The normalized spacial score (nSPS) is 10.2. The molecule has 0 unspecified atom stereocenters. The van der Waals surface area contributed by atoms with Gasteiger partial charge >= 0.3 is 0 Å². The zero-order chi connectivity index (χ0) is 14.0. The Morgan fingerprint density at radius 3 is 2.53 bits per heavy atom. The predicted molar refractivity (Wildman–Crippen MR) is 69.8 cm³/mol. The lowest BCUT2D eigenvalue weighted by molar-refractivity contribution is 0.0997. The molecule has 1 aromatic heterocycles. The molecular formula is C15H13FN2O. The highest BCUT2D eigenvalue weighted by molar-refractivity contribution is 5.98. The largest absolute Gasteiger partial charge is 0.318 e. The SMILES string of the molecule is Cc1cc(C(=O)CC#N)c(C)n1-c1ccc(F)cc1. The van der Waals surface area contributed by atoms with Crippen LogP contribution in [0.1, 0.15) is 28.2 Å². The summed E-state index contributed by atoms with van der Waals surface area (Å²) in [6.07, 6.45) is -0.131. The number of halogens is 1. The third-order valence-corrected chi connectivity index (χ3v) is 3.06. The molecule has 0 N–H and O–H groups in total. The molecule has 0 amide bonds. The average Bonchev–Trinajstić information content (AvgIpc) is 2.67. The number of ketones is 1. The number of aryl methyl sites for hydroxylation is 1. The second kappa shape index (κ2) is 5.07. The highest BCUT2D eigenvalue weighted by Gasteiger charge is 2.16.